The molecule has 1 N–H and O–H groups in total. The summed E-state index contributed by atoms with van der Waals surface area (Å²) in [6, 6.07) is 22.5. The quantitative estimate of drug-likeness (QED) is 0.260. The summed E-state index contributed by atoms with van der Waals surface area (Å²) in [6.07, 6.45) is 0.500. The summed E-state index contributed by atoms with van der Waals surface area (Å²) in [5.41, 5.74) is 1.24. The van der Waals surface area contributed by atoms with Crippen molar-refractivity contribution in [3.63, 3.8) is 0 Å². The molecule has 37 heavy (non-hydrogen) atoms. The molecule has 3 aromatic carbocycles. The van der Waals surface area contributed by atoms with E-state index in [1.807, 2.05) is 37.3 Å². The molecule has 0 aliphatic carbocycles. The highest BCUT2D eigenvalue weighted by atomic mass is 35.5. The topological polar surface area (TPSA) is 103 Å². The molecule has 1 amide bonds. The van der Waals surface area contributed by atoms with E-state index in [2.05, 4.69) is 15.5 Å². The number of aromatic nitrogens is 3. The second-order valence-electron chi connectivity index (χ2n) is 8.00. The van der Waals surface area contributed by atoms with Gasteiger partial charge < -0.3 is 10.1 Å². The van der Waals surface area contributed by atoms with Crippen LogP contribution in [0.25, 0.3) is 5.69 Å². The molecule has 0 spiro atoms. The zero-order chi connectivity index (χ0) is 26.4. The Morgan fingerprint density at radius 1 is 1.05 bits per heavy atom. The summed E-state index contributed by atoms with van der Waals surface area (Å²) < 4.78 is 33.0. The van der Waals surface area contributed by atoms with Crippen LogP contribution in [0.15, 0.2) is 88.9 Å². The predicted octanol–water partition coefficient (Wildman–Crippen LogP) is 5.41. The molecule has 1 aromatic heterocycles. The lowest BCUT2D eigenvalue weighted by molar-refractivity contribution is -0.115. The predicted molar refractivity (Wildman–Crippen MR) is 145 cm³/mol. The minimum Gasteiger partial charge on any atom is -0.495 e. The van der Waals surface area contributed by atoms with Crippen LogP contribution in [0.4, 0.5) is 5.69 Å². The Kier molecular flexibility index (Phi) is 8.52. The van der Waals surface area contributed by atoms with E-state index in [0.29, 0.717) is 33.7 Å². The van der Waals surface area contributed by atoms with Gasteiger partial charge in [0.05, 0.1) is 22.3 Å². The standard InChI is InChI=1S/C26H25ClN4O4S2/c1-3-23(25(32)28-18-14-15-22(35-2)21(27)16-18)36-26-30-29-24(31(26)19-10-6-4-7-11-19)17-37(33,34)20-12-8-5-9-13-20/h4-16,23H,3,17H2,1-2H3,(H,28,32). The number of sulfone groups is 1. The molecule has 0 radical (unpaired) electrons. The van der Waals surface area contributed by atoms with Crippen LogP contribution in [0.5, 0.6) is 5.75 Å². The van der Waals surface area contributed by atoms with Gasteiger partial charge in [-0.25, -0.2) is 8.42 Å². The number of rotatable bonds is 10. The SMILES string of the molecule is CCC(Sc1nnc(CS(=O)(=O)c2ccccc2)n1-c1ccccc1)C(=O)Nc1ccc(OC)c(Cl)c1. The number of hydrogen-bond acceptors (Lipinski definition) is 7. The number of benzene rings is 3. The third-order valence-corrected chi connectivity index (χ3v) is 8.70. The van der Waals surface area contributed by atoms with Gasteiger partial charge in [0, 0.05) is 11.4 Å². The number of hydrogen-bond donors (Lipinski definition) is 1. The molecule has 0 aliphatic rings. The highest BCUT2D eigenvalue weighted by Crippen LogP contribution is 2.31. The van der Waals surface area contributed by atoms with Crippen molar-refractivity contribution in [1.82, 2.24) is 14.8 Å². The number of nitrogens with zero attached hydrogens (tertiary/aromatic N) is 3. The molecule has 8 nitrogen and oxygen atoms in total. The van der Waals surface area contributed by atoms with Gasteiger partial charge in [0.15, 0.2) is 20.8 Å². The highest BCUT2D eigenvalue weighted by Gasteiger charge is 2.26. The molecule has 0 saturated carbocycles. The van der Waals surface area contributed by atoms with Crippen molar-refractivity contribution in [3.05, 3.63) is 89.7 Å². The monoisotopic (exact) mass is 556 g/mol. The van der Waals surface area contributed by atoms with E-state index < -0.39 is 15.1 Å². The minimum absolute atomic E-state index is 0.204. The number of carbonyl (C=O) groups excluding carboxylic acids is 1. The van der Waals surface area contributed by atoms with Crippen LogP contribution in [0.2, 0.25) is 5.02 Å². The Morgan fingerprint density at radius 2 is 1.73 bits per heavy atom. The largest absolute Gasteiger partial charge is 0.495 e. The summed E-state index contributed by atoms with van der Waals surface area (Å²) in [5, 5.41) is 11.6. The van der Waals surface area contributed by atoms with E-state index in [1.54, 1.807) is 53.1 Å². The van der Waals surface area contributed by atoms with Crippen LogP contribution in [-0.4, -0.2) is 41.4 Å². The molecular formula is C26H25ClN4O4S2. The molecule has 192 valence electrons. The molecular weight excluding hydrogens is 532 g/mol. The zero-order valence-electron chi connectivity index (χ0n) is 20.2. The van der Waals surface area contributed by atoms with Crippen molar-refractivity contribution in [2.24, 2.45) is 0 Å². The van der Waals surface area contributed by atoms with Crippen LogP contribution in [0, 0.1) is 0 Å². The van der Waals surface area contributed by atoms with Crippen LogP contribution < -0.4 is 10.1 Å². The van der Waals surface area contributed by atoms with Gasteiger partial charge in [-0.05, 0) is 48.9 Å². The average Bonchev–Trinajstić information content (AvgIpc) is 3.29. The lowest BCUT2D eigenvalue weighted by Gasteiger charge is -2.16. The van der Waals surface area contributed by atoms with Crippen LogP contribution in [-0.2, 0) is 20.4 Å². The Labute approximate surface area is 224 Å². The van der Waals surface area contributed by atoms with E-state index in [0.717, 1.165) is 0 Å². The van der Waals surface area contributed by atoms with Gasteiger partial charge in [0.2, 0.25) is 5.91 Å². The molecule has 11 heteroatoms. The van der Waals surface area contributed by atoms with Crippen LogP contribution in [0.3, 0.4) is 0 Å². The van der Waals surface area contributed by atoms with Crippen molar-refractivity contribution in [1.29, 1.82) is 0 Å². The Bertz CT molecular complexity index is 1480. The summed E-state index contributed by atoms with van der Waals surface area (Å²) >= 11 is 7.41. The smallest absolute Gasteiger partial charge is 0.237 e. The molecule has 4 aromatic rings. The van der Waals surface area contributed by atoms with E-state index in [1.165, 1.54) is 18.9 Å². The fraction of sp³-hybridized carbons (Fsp3) is 0.192. The van der Waals surface area contributed by atoms with E-state index in [4.69, 9.17) is 16.3 Å². The summed E-state index contributed by atoms with van der Waals surface area (Å²) in [7, 11) is -2.15. The average molecular weight is 557 g/mol. The van der Waals surface area contributed by atoms with E-state index >= 15 is 0 Å². The number of halogens is 1. The third kappa shape index (κ3) is 6.33. The van der Waals surface area contributed by atoms with E-state index in [-0.39, 0.29) is 22.4 Å². The number of amides is 1. The maximum Gasteiger partial charge on any atom is 0.237 e. The maximum atomic E-state index is 13.1. The first-order chi connectivity index (χ1) is 17.8. The van der Waals surface area contributed by atoms with Gasteiger partial charge in [-0.3, -0.25) is 9.36 Å². The van der Waals surface area contributed by atoms with E-state index in [9.17, 15) is 13.2 Å². The summed E-state index contributed by atoms with van der Waals surface area (Å²) in [5.74, 6) is 0.187. The Balaban J connectivity index is 1.62. The normalized spacial score (nSPS) is 12.2. The van der Waals surface area contributed by atoms with Gasteiger partial charge in [0.25, 0.3) is 0 Å². The molecule has 4 rings (SSSR count). The van der Waals surface area contributed by atoms with Gasteiger partial charge in [0.1, 0.15) is 11.5 Å². The number of methoxy groups -OCH3 is 1. The van der Waals surface area contributed by atoms with Crippen molar-refractivity contribution in [2.45, 2.75) is 34.4 Å². The third-order valence-electron chi connectivity index (χ3n) is 5.47. The first kappa shape index (κ1) is 26.7. The van der Waals surface area contributed by atoms with Crippen molar-refractivity contribution >= 4 is 44.8 Å². The molecule has 0 saturated heterocycles. The molecule has 0 aliphatic heterocycles. The lowest BCUT2D eigenvalue weighted by atomic mass is 10.2. The number of nitrogens with one attached hydrogen (secondary N) is 1. The first-order valence-corrected chi connectivity index (χ1v) is 14.3. The molecule has 1 heterocycles. The van der Waals surface area contributed by atoms with Crippen LogP contribution >= 0.6 is 23.4 Å². The molecule has 0 fully saturated rings. The molecule has 1 unspecified atom stereocenters. The summed E-state index contributed by atoms with van der Waals surface area (Å²) in [6.45, 7) is 1.89. The molecule has 0 bridgehead atoms. The van der Waals surface area contributed by atoms with Crippen molar-refractivity contribution in [3.8, 4) is 11.4 Å². The van der Waals surface area contributed by atoms with Crippen molar-refractivity contribution in [2.75, 3.05) is 12.4 Å². The number of ether oxygens (including phenoxy) is 1. The Hall–Kier alpha value is -3.34. The summed E-state index contributed by atoms with van der Waals surface area (Å²) in [4.78, 5) is 13.3. The second-order valence-corrected chi connectivity index (χ2v) is 11.6. The number of carbonyl (C=O) groups is 1. The number of anilines is 1. The molecule has 1 atom stereocenters. The second kappa shape index (κ2) is 11.8. The van der Waals surface area contributed by atoms with Gasteiger partial charge in [-0.2, -0.15) is 0 Å². The fourth-order valence-electron chi connectivity index (χ4n) is 3.60. The van der Waals surface area contributed by atoms with Gasteiger partial charge >= 0.3 is 0 Å². The fourth-order valence-corrected chi connectivity index (χ4v) is 6.12. The maximum absolute atomic E-state index is 13.1. The minimum atomic E-state index is -3.67. The lowest BCUT2D eigenvalue weighted by Crippen LogP contribution is -2.25. The van der Waals surface area contributed by atoms with Crippen molar-refractivity contribution < 1.29 is 17.9 Å². The number of thioether (sulfide) groups is 1. The highest BCUT2D eigenvalue weighted by molar-refractivity contribution is 8.00. The van der Waals surface area contributed by atoms with Crippen LogP contribution in [0.1, 0.15) is 19.2 Å². The van der Waals surface area contributed by atoms with Gasteiger partial charge in [-0.1, -0.05) is 66.7 Å². The Morgan fingerprint density at radius 3 is 2.35 bits per heavy atom. The first-order valence-electron chi connectivity index (χ1n) is 11.4. The zero-order valence-corrected chi connectivity index (χ0v) is 22.6. The number of para-hydroxylation sites is 1. The van der Waals surface area contributed by atoms with Gasteiger partial charge in [-0.15, -0.1) is 10.2 Å².